The number of likely N-dealkylation sites (tertiary alicyclic amines) is 1. The Morgan fingerprint density at radius 2 is 2.03 bits per heavy atom. The van der Waals surface area contributed by atoms with E-state index < -0.39 is 29.7 Å². The van der Waals surface area contributed by atoms with Crippen LogP contribution in [-0.2, 0) is 11.0 Å². The molecule has 0 bridgehead atoms. The van der Waals surface area contributed by atoms with E-state index in [0.717, 1.165) is 12.1 Å². The number of ether oxygens (including phenoxy) is 1. The molecule has 0 radical (unpaired) electrons. The third-order valence-electron chi connectivity index (χ3n) is 5.18. The predicted molar refractivity (Wildman–Crippen MR) is 103 cm³/mol. The molecule has 8 heteroatoms. The summed E-state index contributed by atoms with van der Waals surface area (Å²) in [7, 11) is 1.48. The molecule has 2 aromatic carbocycles. The number of carboxylic acid groups (broad SMARTS) is 1. The van der Waals surface area contributed by atoms with Crippen LogP contribution in [0.15, 0.2) is 42.5 Å². The number of benzene rings is 2. The van der Waals surface area contributed by atoms with Crippen LogP contribution in [0, 0.1) is 5.92 Å². The summed E-state index contributed by atoms with van der Waals surface area (Å²) in [4.78, 5) is 13.4. The number of halogens is 4. The Bertz CT molecular complexity index is 888. The molecule has 2 atom stereocenters. The molecule has 1 fully saturated rings. The second-order valence-electron chi connectivity index (χ2n) is 7.08. The highest BCUT2D eigenvalue weighted by Gasteiger charge is 2.35. The maximum Gasteiger partial charge on any atom is 0.416 e. The molecule has 1 heterocycles. The van der Waals surface area contributed by atoms with Gasteiger partial charge in [0.05, 0.1) is 24.6 Å². The van der Waals surface area contributed by atoms with Crippen LogP contribution in [0.5, 0.6) is 5.75 Å². The van der Waals surface area contributed by atoms with E-state index in [1.54, 1.807) is 24.3 Å². The van der Waals surface area contributed by atoms with Crippen LogP contribution < -0.4 is 4.74 Å². The maximum absolute atomic E-state index is 13.3. The van der Waals surface area contributed by atoms with Crippen molar-refractivity contribution in [1.29, 1.82) is 0 Å². The molecule has 156 valence electrons. The second kappa shape index (κ2) is 8.63. The van der Waals surface area contributed by atoms with Crippen LogP contribution in [0.4, 0.5) is 13.2 Å². The highest BCUT2D eigenvalue weighted by Crippen LogP contribution is 2.40. The van der Waals surface area contributed by atoms with E-state index in [1.807, 2.05) is 4.90 Å². The SMILES string of the molecule is COc1ccc(Cl)cc1C(c1cccc(C(F)(F)F)c1)N1CCCC(C(=O)O)C1. The van der Waals surface area contributed by atoms with E-state index in [1.165, 1.54) is 13.2 Å². The fraction of sp³-hybridized carbons (Fsp3) is 0.381. The van der Waals surface area contributed by atoms with Crippen molar-refractivity contribution >= 4 is 17.6 Å². The summed E-state index contributed by atoms with van der Waals surface area (Å²) in [5.41, 5.74) is 0.254. The molecule has 2 aromatic rings. The molecule has 0 amide bonds. The Labute approximate surface area is 171 Å². The number of nitrogens with zero attached hydrogens (tertiary/aromatic N) is 1. The molecule has 1 N–H and O–H groups in total. The lowest BCUT2D eigenvalue weighted by atomic mass is 9.90. The largest absolute Gasteiger partial charge is 0.496 e. The van der Waals surface area contributed by atoms with E-state index in [4.69, 9.17) is 16.3 Å². The fourth-order valence-corrected chi connectivity index (χ4v) is 4.01. The van der Waals surface area contributed by atoms with Gasteiger partial charge >= 0.3 is 12.1 Å². The van der Waals surface area contributed by atoms with E-state index >= 15 is 0 Å². The monoisotopic (exact) mass is 427 g/mol. The molecule has 3 rings (SSSR count). The van der Waals surface area contributed by atoms with Gasteiger partial charge < -0.3 is 9.84 Å². The first-order valence-electron chi connectivity index (χ1n) is 9.18. The van der Waals surface area contributed by atoms with Gasteiger partial charge in [-0.2, -0.15) is 13.2 Å². The number of hydrogen-bond donors (Lipinski definition) is 1. The van der Waals surface area contributed by atoms with Crippen molar-refractivity contribution in [2.24, 2.45) is 5.92 Å². The normalized spacial score (nSPS) is 19.0. The predicted octanol–water partition coefficient (Wildman–Crippen LogP) is 5.25. The highest BCUT2D eigenvalue weighted by atomic mass is 35.5. The lowest BCUT2D eigenvalue weighted by Gasteiger charge is -2.38. The van der Waals surface area contributed by atoms with Crippen molar-refractivity contribution in [3.8, 4) is 5.75 Å². The Balaban J connectivity index is 2.13. The molecule has 0 spiro atoms. The van der Waals surface area contributed by atoms with Gasteiger partial charge in [0.1, 0.15) is 5.75 Å². The molecule has 0 aliphatic carbocycles. The number of rotatable bonds is 5. The smallest absolute Gasteiger partial charge is 0.416 e. The standard InChI is InChI=1S/C21H21ClF3NO3/c1-29-18-8-7-16(22)11-17(18)19(26-9-3-5-14(12-26)20(27)28)13-4-2-6-15(10-13)21(23,24)25/h2,4,6-8,10-11,14,19H,3,5,9,12H2,1H3,(H,27,28). The van der Waals surface area contributed by atoms with Crippen LogP contribution in [0.2, 0.25) is 5.02 Å². The van der Waals surface area contributed by atoms with Crippen LogP contribution >= 0.6 is 11.6 Å². The first-order valence-corrected chi connectivity index (χ1v) is 9.56. The van der Waals surface area contributed by atoms with Gasteiger partial charge in [-0.3, -0.25) is 9.69 Å². The van der Waals surface area contributed by atoms with E-state index in [-0.39, 0.29) is 6.54 Å². The summed E-state index contributed by atoms with van der Waals surface area (Å²) in [5, 5.41) is 9.87. The van der Waals surface area contributed by atoms with Crippen molar-refractivity contribution in [3.63, 3.8) is 0 Å². The zero-order chi connectivity index (χ0) is 21.2. The van der Waals surface area contributed by atoms with Crippen molar-refractivity contribution in [3.05, 3.63) is 64.2 Å². The Morgan fingerprint density at radius 3 is 2.69 bits per heavy atom. The van der Waals surface area contributed by atoms with Gasteiger partial charge in [-0.25, -0.2) is 0 Å². The zero-order valence-corrected chi connectivity index (χ0v) is 16.5. The Morgan fingerprint density at radius 1 is 1.28 bits per heavy atom. The van der Waals surface area contributed by atoms with Crippen molar-refractivity contribution in [2.75, 3.05) is 20.2 Å². The Hall–Kier alpha value is -2.25. The fourth-order valence-electron chi connectivity index (χ4n) is 3.83. The van der Waals surface area contributed by atoms with Gasteiger partial charge in [-0.1, -0.05) is 23.7 Å². The number of piperidine rings is 1. The quantitative estimate of drug-likeness (QED) is 0.707. The average Bonchev–Trinajstić information content (AvgIpc) is 2.68. The summed E-state index contributed by atoms with van der Waals surface area (Å²) in [6.45, 7) is 0.784. The third kappa shape index (κ3) is 4.85. The van der Waals surface area contributed by atoms with Crippen LogP contribution in [0.1, 0.15) is 35.6 Å². The molecule has 0 saturated carbocycles. The summed E-state index contributed by atoms with van der Waals surface area (Å²) in [6.07, 6.45) is -3.31. The van der Waals surface area contributed by atoms with Crippen molar-refractivity contribution in [1.82, 2.24) is 4.90 Å². The number of aliphatic carboxylic acids is 1. The molecule has 1 aliphatic rings. The lowest BCUT2D eigenvalue weighted by Crippen LogP contribution is -2.41. The summed E-state index contributed by atoms with van der Waals surface area (Å²) < 4.78 is 45.4. The topological polar surface area (TPSA) is 49.8 Å². The van der Waals surface area contributed by atoms with Gasteiger partial charge in [0.15, 0.2) is 0 Å². The van der Waals surface area contributed by atoms with Crippen LogP contribution in [0.3, 0.4) is 0 Å². The number of carbonyl (C=O) groups is 1. The first-order chi connectivity index (χ1) is 13.7. The Kier molecular flexibility index (Phi) is 6.39. The molecular formula is C21H21ClF3NO3. The highest BCUT2D eigenvalue weighted by molar-refractivity contribution is 6.30. The number of alkyl halides is 3. The number of methoxy groups -OCH3 is 1. The minimum Gasteiger partial charge on any atom is -0.496 e. The van der Waals surface area contributed by atoms with Gasteiger partial charge in [0.2, 0.25) is 0 Å². The molecular weight excluding hydrogens is 407 g/mol. The van der Waals surface area contributed by atoms with Gasteiger partial charge in [-0.15, -0.1) is 0 Å². The summed E-state index contributed by atoms with van der Waals surface area (Å²) in [6, 6.07) is 9.45. The zero-order valence-electron chi connectivity index (χ0n) is 15.7. The lowest BCUT2D eigenvalue weighted by molar-refractivity contribution is -0.143. The van der Waals surface area contributed by atoms with E-state index in [2.05, 4.69) is 0 Å². The molecule has 1 aliphatic heterocycles. The minimum atomic E-state index is -4.48. The number of carboxylic acids is 1. The molecule has 4 nitrogen and oxygen atoms in total. The third-order valence-corrected chi connectivity index (χ3v) is 5.42. The maximum atomic E-state index is 13.3. The van der Waals surface area contributed by atoms with E-state index in [0.29, 0.717) is 41.3 Å². The van der Waals surface area contributed by atoms with Crippen molar-refractivity contribution in [2.45, 2.75) is 25.1 Å². The second-order valence-corrected chi connectivity index (χ2v) is 7.52. The summed E-state index contributed by atoms with van der Waals surface area (Å²) in [5.74, 6) is -1.01. The molecule has 29 heavy (non-hydrogen) atoms. The van der Waals surface area contributed by atoms with Gasteiger partial charge in [0, 0.05) is 17.1 Å². The van der Waals surface area contributed by atoms with Crippen LogP contribution in [0.25, 0.3) is 0 Å². The molecule has 0 aromatic heterocycles. The van der Waals surface area contributed by atoms with Crippen molar-refractivity contribution < 1.29 is 27.8 Å². The average molecular weight is 428 g/mol. The molecule has 1 saturated heterocycles. The number of hydrogen-bond acceptors (Lipinski definition) is 3. The summed E-state index contributed by atoms with van der Waals surface area (Å²) >= 11 is 6.18. The van der Waals surface area contributed by atoms with E-state index in [9.17, 15) is 23.1 Å². The first kappa shape index (κ1) is 21.5. The molecule has 2 unspecified atom stereocenters. The van der Waals surface area contributed by atoms with Gasteiger partial charge in [-0.05, 0) is 55.3 Å². The van der Waals surface area contributed by atoms with Crippen LogP contribution in [-0.4, -0.2) is 36.2 Å². The van der Waals surface area contributed by atoms with Gasteiger partial charge in [0.25, 0.3) is 0 Å². The minimum absolute atomic E-state index is 0.228.